The zero-order valence-electron chi connectivity index (χ0n) is 16.1. The highest BCUT2D eigenvalue weighted by Gasteiger charge is 2.28. The molecule has 0 aliphatic heterocycles. The maximum atomic E-state index is 11.1. The van der Waals surface area contributed by atoms with Gasteiger partial charge in [0, 0.05) is 55.4 Å². The van der Waals surface area contributed by atoms with E-state index >= 15 is 0 Å². The Morgan fingerprint density at radius 1 is 1.03 bits per heavy atom. The van der Waals surface area contributed by atoms with Crippen LogP contribution in [0.2, 0.25) is 0 Å². The summed E-state index contributed by atoms with van der Waals surface area (Å²) in [6.07, 6.45) is 7.79. The number of methoxy groups -OCH3 is 1. The van der Waals surface area contributed by atoms with Gasteiger partial charge in [0.1, 0.15) is 5.75 Å². The first-order valence-corrected chi connectivity index (χ1v) is 9.53. The summed E-state index contributed by atoms with van der Waals surface area (Å²) in [6.45, 7) is 0.573. The molecule has 4 rings (SSSR count). The van der Waals surface area contributed by atoms with Gasteiger partial charge in [0.15, 0.2) is 6.10 Å². The van der Waals surface area contributed by atoms with Crippen molar-refractivity contribution in [3.63, 3.8) is 0 Å². The second-order valence-electron chi connectivity index (χ2n) is 7.03. The van der Waals surface area contributed by atoms with E-state index in [1.807, 2.05) is 49.1 Å². The van der Waals surface area contributed by atoms with Crippen molar-refractivity contribution in [2.75, 3.05) is 13.7 Å². The standard InChI is InChI=1S/C23H22N2O4/c1-28-22(23(26)27)12-15-2-4-16(5-3-15)29-11-8-19-17-6-9-24-13-20(17)21-14-25-10-7-18(19)21/h2-7,9-10,13-14,19,22H,8,11-12H2,1H3,(H,26,27). The molecule has 1 atom stereocenters. The van der Waals surface area contributed by atoms with Gasteiger partial charge in [-0.3, -0.25) is 9.97 Å². The number of pyridine rings is 2. The largest absolute Gasteiger partial charge is 0.494 e. The van der Waals surface area contributed by atoms with Crippen LogP contribution in [0.25, 0.3) is 11.1 Å². The first-order chi connectivity index (χ1) is 14.2. The van der Waals surface area contributed by atoms with Crippen molar-refractivity contribution in [1.82, 2.24) is 9.97 Å². The summed E-state index contributed by atoms with van der Waals surface area (Å²) >= 11 is 0. The van der Waals surface area contributed by atoms with E-state index in [0.29, 0.717) is 13.0 Å². The fourth-order valence-corrected chi connectivity index (χ4v) is 3.85. The normalized spacial score (nSPS) is 13.6. The van der Waals surface area contributed by atoms with E-state index in [1.54, 1.807) is 0 Å². The summed E-state index contributed by atoms with van der Waals surface area (Å²) in [5.74, 6) is 0.0691. The molecule has 1 unspecified atom stereocenters. The minimum absolute atomic E-state index is 0.267. The number of aliphatic carboxylic acids is 1. The lowest BCUT2D eigenvalue weighted by molar-refractivity contribution is -0.148. The van der Waals surface area contributed by atoms with E-state index in [1.165, 1.54) is 18.2 Å². The number of ether oxygens (including phenoxy) is 2. The number of carboxylic acids is 1. The van der Waals surface area contributed by atoms with Crippen molar-refractivity contribution < 1.29 is 19.4 Å². The zero-order valence-corrected chi connectivity index (χ0v) is 16.1. The lowest BCUT2D eigenvalue weighted by atomic mass is 9.95. The molecule has 0 radical (unpaired) electrons. The van der Waals surface area contributed by atoms with Crippen LogP contribution in [0.1, 0.15) is 29.0 Å². The Kier molecular flexibility index (Phi) is 5.53. The van der Waals surface area contributed by atoms with Gasteiger partial charge in [-0.25, -0.2) is 4.79 Å². The van der Waals surface area contributed by atoms with Crippen LogP contribution in [-0.2, 0) is 16.0 Å². The molecule has 29 heavy (non-hydrogen) atoms. The molecule has 1 aliphatic carbocycles. The van der Waals surface area contributed by atoms with E-state index < -0.39 is 12.1 Å². The zero-order chi connectivity index (χ0) is 20.2. The number of carboxylic acid groups (broad SMARTS) is 1. The monoisotopic (exact) mass is 390 g/mol. The van der Waals surface area contributed by atoms with Crippen LogP contribution in [0.15, 0.2) is 61.2 Å². The van der Waals surface area contributed by atoms with Gasteiger partial charge < -0.3 is 14.6 Å². The number of rotatable bonds is 8. The summed E-state index contributed by atoms with van der Waals surface area (Å²) < 4.78 is 10.9. The molecule has 1 aromatic carbocycles. The highest BCUT2D eigenvalue weighted by atomic mass is 16.5. The van der Waals surface area contributed by atoms with E-state index in [4.69, 9.17) is 14.6 Å². The summed E-state index contributed by atoms with van der Waals surface area (Å²) in [5.41, 5.74) is 5.72. The van der Waals surface area contributed by atoms with Crippen LogP contribution >= 0.6 is 0 Å². The van der Waals surface area contributed by atoms with Crippen molar-refractivity contribution in [2.45, 2.75) is 24.9 Å². The molecule has 0 saturated carbocycles. The molecule has 2 aromatic heterocycles. The third kappa shape index (κ3) is 3.98. The van der Waals surface area contributed by atoms with Crippen molar-refractivity contribution in [1.29, 1.82) is 0 Å². The highest BCUT2D eigenvalue weighted by Crippen LogP contribution is 2.45. The van der Waals surface area contributed by atoms with Crippen LogP contribution in [0.4, 0.5) is 0 Å². The fraction of sp³-hybridized carbons (Fsp3) is 0.261. The number of hydrogen-bond donors (Lipinski definition) is 1. The molecule has 6 heteroatoms. The number of hydrogen-bond acceptors (Lipinski definition) is 5. The van der Waals surface area contributed by atoms with Gasteiger partial charge in [0.25, 0.3) is 0 Å². The maximum absolute atomic E-state index is 11.1. The lowest BCUT2D eigenvalue weighted by Gasteiger charge is -2.15. The predicted molar refractivity (Wildman–Crippen MR) is 108 cm³/mol. The molecule has 0 spiro atoms. The van der Waals surface area contributed by atoms with Crippen LogP contribution in [0.3, 0.4) is 0 Å². The smallest absolute Gasteiger partial charge is 0.333 e. The third-order valence-corrected chi connectivity index (χ3v) is 5.33. The number of nitrogens with zero attached hydrogens (tertiary/aromatic N) is 2. The van der Waals surface area contributed by atoms with Gasteiger partial charge in [-0.2, -0.15) is 0 Å². The molecule has 0 bridgehead atoms. The molecule has 0 amide bonds. The molecular formula is C23H22N2O4. The van der Waals surface area contributed by atoms with Crippen LogP contribution in [0, 0.1) is 0 Å². The molecule has 3 aromatic rings. The van der Waals surface area contributed by atoms with Gasteiger partial charge in [-0.05, 0) is 47.4 Å². The molecular weight excluding hydrogens is 368 g/mol. The quantitative estimate of drug-likeness (QED) is 0.632. The van der Waals surface area contributed by atoms with E-state index in [2.05, 4.69) is 22.1 Å². The van der Waals surface area contributed by atoms with Gasteiger partial charge in [-0.15, -0.1) is 0 Å². The van der Waals surface area contributed by atoms with E-state index in [0.717, 1.165) is 28.9 Å². The van der Waals surface area contributed by atoms with E-state index in [-0.39, 0.29) is 5.92 Å². The van der Waals surface area contributed by atoms with Crippen molar-refractivity contribution >= 4 is 5.97 Å². The summed E-state index contributed by atoms with van der Waals surface area (Å²) in [4.78, 5) is 19.6. The Labute approximate surface area is 169 Å². The third-order valence-electron chi connectivity index (χ3n) is 5.33. The molecule has 2 heterocycles. The van der Waals surface area contributed by atoms with Gasteiger partial charge in [0.05, 0.1) is 6.61 Å². The van der Waals surface area contributed by atoms with E-state index in [9.17, 15) is 4.79 Å². The Bertz CT molecular complexity index is 958. The Morgan fingerprint density at radius 3 is 2.21 bits per heavy atom. The topological polar surface area (TPSA) is 81.5 Å². The predicted octanol–water partition coefficient (Wildman–Crippen LogP) is 3.70. The molecule has 0 fully saturated rings. The minimum atomic E-state index is -0.963. The second kappa shape index (κ2) is 8.41. The number of fused-ring (bicyclic) bond motifs is 3. The highest BCUT2D eigenvalue weighted by molar-refractivity contribution is 5.77. The van der Waals surface area contributed by atoms with Gasteiger partial charge in [-0.1, -0.05) is 12.1 Å². The van der Waals surface area contributed by atoms with Gasteiger partial charge in [0.2, 0.25) is 0 Å². The van der Waals surface area contributed by atoms with Crippen LogP contribution < -0.4 is 4.74 Å². The molecule has 1 N–H and O–H groups in total. The van der Waals surface area contributed by atoms with Crippen LogP contribution in [0.5, 0.6) is 5.75 Å². The molecule has 1 aliphatic rings. The average molecular weight is 390 g/mol. The molecule has 6 nitrogen and oxygen atoms in total. The van der Waals surface area contributed by atoms with Crippen molar-refractivity contribution in [3.05, 3.63) is 77.9 Å². The first-order valence-electron chi connectivity index (χ1n) is 9.53. The van der Waals surface area contributed by atoms with Gasteiger partial charge >= 0.3 is 5.97 Å². The Morgan fingerprint density at radius 2 is 1.66 bits per heavy atom. The Balaban J connectivity index is 1.39. The lowest BCUT2D eigenvalue weighted by Crippen LogP contribution is -2.24. The van der Waals surface area contributed by atoms with Crippen molar-refractivity contribution in [3.8, 4) is 16.9 Å². The average Bonchev–Trinajstić information content (AvgIpc) is 3.07. The van der Waals surface area contributed by atoms with Crippen molar-refractivity contribution in [2.24, 2.45) is 0 Å². The molecule has 0 saturated heterocycles. The maximum Gasteiger partial charge on any atom is 0.333 e. The summed E-state index contributed by atoms with van der Waals surface area (Å²) in [5, 5.41) is 9.09. The Hall–Kier alpha value is -3.25. The van der Waals surface area contributed by atoms with Crippen LogP contribution in [-0.4, -0.2) is 40.9 Å². The number of aromatic nitrogens is 2. The number of benzene rings is 1. The summed E-state index contributed by atoms with van der Waals surface area (Å²) in [7, 11) is 1.40. The molecule has 148 valence electrons. The first kappa shape index (κ1) is 19.1. The second-order valence-corrected chi connectivity index (χ2v) is 7.03. The number of carbonyl (C=O) groups is 1. The SMILES string of the molecule is COC(Cc1ccc(OCCC2c3ccncc3-c3cnccc32)cc1)C(=O)O. The summed E-state index contributed by atoms with van der Waals surface area (Å²) in [6, 6.07) is 11.6. The minimum Gasteiger partial charge on any atom is -0.494 e. The fourth-order valence-electron chi connectivity index (χ4n) is 3.85.